The molecule has 0 saturated heterocycles. The van der Waals surface area contributed by atoms with Crippen molar-refractivity contribution in [2.75, 3.05) is 0 Å². The molecule has 0 unspecified atom stereocenters. The van der Waals surface area contributed by atoms with E-state index in [1.807, 2.05) is 24.3 Å². The van der Waals surface area contributed by atoms with Gasteiger partial charge in [-0.15, -0.1) is 11.5 Å². The highest BCUT2D eigenvalue weighted by molar-refractivity contribution is 6.12. The molecule has 14 heavy (non-hydrogen) atoms. The van der Waals surface area contributed by atoms with Gasteiger partial charge in [0.05, 0.1) is 0 Å². The molecule has 0 fully saturated rings. The summed E-state index contributed by atoms with van der Waals surface area (Å²) in [4.78, 5) is 0. The maximum absolute atomic E-state index is 5.29. The van der Waals surface area contributed by atoms with Crippen LogP contribution in [0.5, 0.6) is 0 Å². The quantitative estimate of drug-likeness (QED) is 0.391. The van der Waals surface area contributed by atoms with Crippen molar-refractivity contribution >= 4 is 12.4 Å². The minimum absolute atomic E-state index is 0.516. The number of terminal acetylenes is 1. The molecule has 0 heterocycles. The summed E-state index contributed by atoms with van der Waals surface area (Å²) in [6, 6.07) is 7.96. The zero-order valence-corrected chi connectivity index (χ0v) is 8.20. The molecule has 1 aromatic rings. The topological polar surface area (TPSA) is 24.7 Å². The van der Waals surface area contributed by atoms with Crippen molar-refractivity contribution in [2.24, 2.45) is 10.2 Å². The Balaban J connectivity index is 3.02. The molecule has 0 N–H and O–H groups in total. The van der Waals surface area contributed by atoms with Crippen LogP contribution in [0.3, 0.4) is 0 Å². The van der Waals surface area contributed by atoms with E-state index in [0.29, 0.717) is 5.71 Å². The van der Waals surface area contributed by atoms with Crippen LogP contribution in [0.4, 0.5) is 0 Å². The Hall–Kier alpha value is -1.88. The van der Waals surface area contributed by atoms with Crippen LogP contribution in [0.1, 0.15) is 18.1 Å². The molecule has 70 valence electrons. The molecule has 1 aromatic carbocycles. The Labute approximate surface area is 84.4 Å². The van der Waals surface area contributed by atoms with Crippen LogP contribution in [-0.4, -0.2) is 12.4 Å². The molecule has 0 aromatic heterocycles. The standard InChI is InChI=1S/C12H12N2/c1-4-10-6-8-11(9-7-10)12(5-2)14-13-3/h2,6-9H,3-4H2,1H3/b14-12+. The van der Waals surface area contributed by atoms with Crippen molar-refractivity contribution in [1.29, 1.82) is 0 Å². The molecule has 0 aliphatic rings. The molecule has 2 heteroatoms. The Bertz CT molecular complexity index is 380. The lowest BCUT2D eigenvalue weighted by atomic mass is 10.1. The summed E-state index contributed by atoms with van der Waals surface area (Å²) >= 11 is 0. The summed E-state index contributed by atoms with van der Waals surface area (Å²) in [5.41, 5.74) is 2.69. The second-order valence-electron chi connectivity index (χ2n) is 2.78. The van der Waals surface area contributed by atoms with Gasteiger partial charge in [0.2, 0.25) is 0 Å². The van der Waals surface area contributed by atoms with Gasteiger partial charge in [0.1, 0.15) is 5.71 Å². The van der Waals surface area contributed by atoms with E-state index in [1.54, 1.807) is 0 Å². The van der Waals surface area contributed by atoms with E-state index in [9.17, 15) is 0 Å². The number of nitrogens with zero attached hydrogens (tertiary/aromatic N) is 2. The first-order valence-corrected chi connectivity index (χ1v) is 4.41. The third kappa shape index (κ3) is 2.30. The van der Waals surface area contributed by atoms with Gasteiger partial charge in [0.15, 0.2) is 0 Å². The van der Waals surface area contributed by atoms with Gasteiger partial charge in [0, 0.05) is 12.3 Å². The van der Waals surface area contributed by atoms with Crippen LogP contribution in [0.2, 0.25) is 0 Å². The minimum atomic E-state index is 0.516. The molecule has 0 radical (unpaired) electrons. The average Bonchev–Trinajstić information content (AvgIpc) is 2.26. The number of rotatable bonds is 3. The van der Waals surface area contributed by atoms with Gasteiger partial charge in [-0.05, 0) is 17.9 Å². The predicted octanol–water partition coefficient (Wildman–Crippen LogP) is 2.29. The fraction of sp³-hybridized carbons (Fsp3) is 0.167. The Morgan fingerprint density at radius 2 is 2.07 bits per heavy atom. The van der Waals surface area contributed by atoms with Crippen LogP contribution in [0, 0.1) is 12.3 Å². The molecular formula is C12H12N2. The molecule has 0 bridgehead atoms. The zero-order chi connectivity index (χ0) is 10.4. The maximum Gasteiger partial charge on any atom is 0.142 e. The molecular weight excluding hydrogens is 172 g/mol. The molecule has 0 spiro atoms. The molecule has 0 atom stereocenters. The van der Waals surface area contributed by atoms with E-state index >= 15 is 0 Å². The molecule has 0 aliphatic carbocycles. The highest BCUT2D eigenvalue weighted by atomic mass is 15.2. The normalized spacial score (nSPS) is 10.7. The first kappa shape index (κ1) is 10.2. The minimum Gasteiger partial charge on any atom is -0.166 e. The summed E-state index contributed by atoms with van der Waals surface area (Å²) in [6.07, 6.45) is 6.31. The van der Waals surface area contributed by atoms with E-state index in [2.05, 4.69) is 29.8 Å². The third-order valence-electron chi connectivity index (χ3n) is 1.94. The summed E-state index contributed by atoms with van der Waals surface area (Å²) in [5.74, 6) is 2.47. The average molecular weight is 184 g/mol. The van der Waals surface area contributed by atoms with Crippen molar-refractivity contribution in [1.82, 2.24) is 0 Å². The van der Waals surface area contributed by atoms with Gasteiger partial charge in [-0.1, -0.05) is 31.2 Å². The number of hydrogen-bond acceptors (Lipinski definition) is 2. The summed E-state index contributed by atoms with van der Waals surface area (Å²) in [6.45, 7) is 5.38. The lowest BCUT2D eigenvalue weighted by Gasteiger charge is -1.99. The van der Waals surface area contributed by atoms with Gasteiger partial charge in [0.25, 0.3) is 0 Å². The number of benzene rings is 1. The van der Waals surface area contributed by atoms with Gasteiger partial charge >= 0.3 is 0 Å². The molecule has 1 rings (SSSR count). The Kier molecular flexibility index (Phi) is 3.63. The van der Waals surface area contributed by atoms with Crippen LogP contribution in [-0.2, 0) is 6.42 Å². The molecule has 0 saturated carbocycles. The number of hydrogen-bond donors (Lipinski definition) is 0. The van der Waals surface area contributed by atoms with Gasteiger partial charge in [-0.2, -0.15) is 5.10 Å². The van der Waals surface area contributed by atoms with Crippen molar-refractivity contribution in [3.63, 3.8) is 0 Å². The third-order valence-corrected chi connectivity index (χ3v) is 1.94. The van der Waals surface area contributed by atoms with Crippen molar-refractivity contribution in [3.05, 3.63) is 35.4 Å². The molecule has 2 nitrogen and oxygen atoms in total. The SMILES string of the molecule is C#C/C(=N\N=C)c1ccc(CC)cc1. The molecule has 0 aliphatic heterocycles. The fourth-order valence-corrected chi connectivity index (χ4v) is 1.14. The summed E-state index contributed by atoms with van der Waals surface area (Å²) in [7, 11) is 0. The molecule has 0 amide bonds. The van der Waals surface area contributed by atoms with E-state index in [4.69, 9.17) is 6.42 Å². The second kappa shape index (κ2) is 4.98. The van der Waals surface area contributed by atoms with Crippen LogP contribution in [0.25, 0.3) is 0 Å². The second-order valence-corrected chi connectivity index (χ2v) is 2.78. The van der Waals surface area contributed by atoms with Crippen LogP contribution < -0.4 is 0 Å². The first-order valence-electron chi connectivity index (χ1n) is 4.41. The van der Waals surface area contributed by atoms with Crippen molar-refractivity contribution in [2.45, 2.75) is 13.3 Å². The van der Waals surface area contributed by atoms with Gasteiger partial charge in [-0.25, -0.2) is 0 Å². The van der Waals surface area contributed by atoms with Gasteiger partial charge < -0.3 is 0 Å². The van der Waals surface area contributed by atoms with Crippen LogP contribution in [0.15, 0.2) is 34.5 Å². The monoisotopic (exact) mass is 184 g/mol. The highest BCUT2D eigenvalue weighted by Gasteiger charge is 1.98. The van der Waals surface area contributed by atoms with Crippen LogP contribution >= 0.6 is 0 Å². The maximum atomic E-state index is 5.29. The van der Waals surface area contributed by atoms with Crippen molar-refractivity contribution in [3.8, 4) is 12.3 Å². The lowest BCUT2D eigenvalue weighted by Crippen LogP contribution is -1.96. The lowest BCUT2D eigenvalue weighted by molar-refractivity contribution is 1.14. The fourth-order valence-electron chi connectivity index (χ4n) is 1.14. The van der Waals surface area contributed by atoms with E-state index in [0.717, 1.165) is 12.0 Å². The highest BCUT2D eigenvalue weighted by Crippen LogP contribution is 2.06. The van der Waals surface area contributed by atoms with Gasteiger partial charge in [-0.3, -0.25) is 0 Å². The largest absolute Gasteiger partial charge is 0.166 e. The smallest absolute Gasteiger partial charge is 0.142 e. The Morgan fingerprint density at radius 1 is 1.43 bits per heavy atom. The summed E-state index contributed by atoms with van der Waals surface area (Å²) in [5, 5.41) is 7.18. The van der Waals surface area contributed by atoms with E-state index in [-0.39, 0.29) is 0 Å². The first-order chi connectivity index (χ1) is 6.81. The zero-order valence-electron chi connectivity index (χ0n) is 8.20. The van der Waals surface area contributed by atoms with E-state index < -0.39 is 0 Å². The summed E-state index contributed by atoms with van der Waals surface area (Å²) < 4.78 is 0. The van der Waals surface area contributed by atoms with Crippen molar-refractivity contribution < 1.29 is 0 Å². The predicted molar refractivity (Wildman–Crippen MR) is 60.7 cm³/mol. The number of aryl methyl sites for hydroxylation is 1. The van der Waals surface area contributed by atoms with E-state index in [1.165, 1.54) is 5.56 Å². The Morgan fingerprint density at radius 3 is 2.50 bits per heavy atom.